The van der Waals surface area contributed by atoms with E-state index in [1.165, 1.54) is 16.8 Å². The summed E-state index contributed by atoms with van der Waals surface area (Å²) >= 11 is 3.32. The lowest BCUT2D eigenvalue weighted by Gasteiger charge is -2.20. The number of anilines is 1. The second kappa shape index (κ2) is 6.19. The van der Waals surface area contributed by atoms with Gasteiger partial charge in [0.25, 0.3) is 0 Å². The zero-order chi connectivity index (χ0) is 14.8. The van der Waals surface area contributed by atoms with Crippen LogP contribution in [-0.2, 0) is 17.6 Å². The minimum Gasteiger partial charge on any atom is -0.548 e. The fourth-order valence-corrected chi connectivity index (χ4v) is 4.39. The van der Waals surface area contributed by atoms with Crippen molar-refractivity contribution in [2.45, 2.75) is 31.7 Å². The fraction of sp³-hybridized carbons (Fsp3) is 0.500. The van der Waals surface area contributed by atoms with Crippen LogP contribution in [-0.4, -0.2) is 34.0 Å². The van der Waals surface area contributed by atoms with Crippen LogP contribution in [0.3, 0.4) is 0 Å². The number of carbonyl (C=O) groups is 1. The number of hydrogen-bond donors (Lipinski definition) is 1. The topological polar surface area (TPSA) is 77.9 Å². The van der Waals surface area contributed by atoms with E-state index < -0.39 is 12.0 Å². The first-order valence-corrected chi connectivity index (χ1v) is 9.13. The van der Waals surface area contributed by atoms with Gasteiger partial charge in [0.1, 0.15) is 17.0 Å². The third-order valence-corrected chi connectivity index (χ3v) is 5.55. The first kappa shape index (κ1) is 14.6. The summed E-state index contributed by atoms with van der Waals surface area (Å²) in [5, 5.41) is 15.4. The SMILES string of the molecule is CSCC[C@H](Nc1ncnc2sc3c(c12)CCC3)C(=O)[O-]. The number of fused-ring (bicyclic) bond motifs is 3. The van der Waals surface area contributed by atoms with Gasteiger partial charge in [-0.15, -0.1) is 11.3 Å². The smallest absolute Gasteiger partial charge is 0.138 e. The molecule has 1 aliphatic rings. The maximum Gasteiger partial charge on any atom is 0.138 e. The summed E-state index contributed by atoms with van der Waals surface area (Å²) in [6, 6.07) is -0.715. The number of aryl methyl sites for hydroxylation is 2. The fourth-order valence-electron chi connectivity index (χ4n) is 2.69. The molecule has 7 heteroatoms. The van der Waals surface area contributed by atoms with Crippen LogP contribution < -0.4 is 10.4 Å². The van der Waals surface area contributed by atoms with E-state index in [1.807, 2.05) is 6.26 Å². The molecule has 0 amide bonds. The number of thiophene rings is 1. The Hall–Kier alpha value is -1.34. The van der Waals surface area contributed by atoms with Crippen molar-refractivity contribution in [1.82, 2.24) is 9.97 Å². The highest BCUT2D eigenvalue weighted by Gasteiger charge is 2.22. The molecule has 1 aliphatic carbocycles. The molecule has 112 valence electrons. The average Bonchev–Trinajstić information content (AvgIpc) is 3.03. The van der Waals surface area contributed by atoms with Crippen LogP contribution in [0, 0.1) is 0 Å². The van der Waals surface area contributed by atoms with Crippen LogP contribution >= 0.6 is 23.1 Å². The highest BCUT2D eigenvalue weighted by atomic mass is 32.2. The summed E-state index contributed by atoms with van der Waals surface area (Å²) in [4.78, 5) is 22.2. The van der Waals surface area contributed by atoms with Crippen molar-refractivity contribution in [2.75, 3.05) is 17.3 Å². The molecule has 1 atom stereocenters. The third kappa shape index (κ3) is 2.85. The molecule has 0 fully saturated rings. The number of aromatic nitrogens is 2. The van der Waals surface area contributed by atoms with E-state index in [1.54, 1.807) is 23.1 Å². The van der Waals surface area contributed by atoms with Crippen molar-refractivity contribution < 1.29 is 9.90 Å². The van der Waals surface area contributed by atoms with Crippen molar-refractivity contribution in [1.29, 1.82) is 0 Å². The Morgan fingerprint density at radius 2 is 2.38 bits per heavy atom. The number of aliphatic carboxylic acids is 1. The lowest BCUT2D eigenvalue weighted by molar-refractivity contribution is -0.306. The monoisotopic (exact) mass is 322 g/mol. The molecule has 3 rings (SSSR count). The first-order chi connectivity index (χ1) is 10.2. The van der Waals surface area contributed by atoms with E-state index in [4.69, 9.17) is 0 Å². The molecule has 1 N–H and O–H groups in total. The molecule has 2 heterocycles. The summed E-state index contributed by atoms with van der Waals surface area (Å²) in [5.74, 6) is 0.319. The van der Waals surface area contributed by atoms with Crippen LogP contribution in [0.2, 0.25) is 0 Å². The number of carboxylic acid groups (broad SMARTS) is 1. The average molecular weight is 322 g/mol. The van der Waals surface area contributed by atoms with Gasteiger partial charge >= 0.3 is 0 Å². The predicted octanol–water partition coefficient (Wildman–Crippen LogP) is 1.46. The predicted molar refractivity (Wildman–Crippen MR) is 84.9 cm³/mol. The van der Waals surface area contributed by atoms with E-state index in [0.717, 1.165) is 35.2 Å². The number of thioether (sulfide) groups is 1. The van der Waals surface area contributed by atoms with E-state index in [9.17, 15) is 9.90 Å². The molecule has 0 spiro atoms. The van der Waals surface area contributed by atoms with E-state index >= 15 is 0 Å². The molecule has 2 aromatic heterocycles. The van der Waals surface area contributed by atoms with E-state index in [2.05, 4.69) is 15.3 Å². The van der Waals surface area contributed by atoms with Gasteiger partial charge < -0.3 is 15.2 Å². The zero-order valence-electron chi connectivity index (χ0n) is 11.7. The second-order valence-electron chi connectivity index (χ2n) is 5.06. The summed E-state index contributed by atoms with van der Waals surface area (Å²) < 4.78 is 0. The molecule has 21 heavy (non-hydrogen) atoms. The van der Waals surface area contributed by atoms with Crippen molar-refractivity contribution >= 4 is 45.1 Å². The molecular formula is C14H16N3O2S2-. The quantitative estimate of drug-likeness (QED) is 0.867. The molecule has 2 aromatic rings. The van der Waals surface area contributed by atoms with Crippen molar-refractivity contribution in [2.24, 2.45) is 0 Å². The normalized spacial score (nSPS) is 15.1. The summed E-state index contributed by atoms with van der Waals surface area (Å²) in [6.45, 7) is 0. The molecular weight excluding hydrogens is 306 g/mol. The van der Waals surface area contributed by atoms with Gasteiger partial charge in [-0.05, 0) is 43.3 Å². The van der Waals surface area contributed by atoms with Crippen LogP contribution in [0.15, 0.2) is 6.33 Å². The van der Waals surface area contributed by atoms with E-state index in [-0.39, 0.29) is 0 Å². The number of hydrogen-bond acceptors (Lipinski definition) is 7. The molecule has 0 bridgehead atoms. The van der Waals surface area contributed by atoms with E-state index in [0.29, 0.717) is 12.2 Å². The first-order valence-electron chi connectivity index (χ1n) is 6.92. The second-order valence-corrected chi connectivity index (χ2v) is 7.13. The van der Waals surface area contributed by atoms with Crippen LogP contribution in [0.5, 0.6) is 0 Å². The minimum absolute atomic E-state index is 0.515. The van der Waals surface area contributed by atoms with Gasteiger partial charge in [0.15, 0.2) is 0 Å². The highest BCUT2D eigenvalue weighted by molar-refractivity contribution is 7.98. The Balaban J connectivity index is 1.94. The molecule has 0 radical (unpaired) electrons. The number of carbonyl (C=O) groups excluding carboxylic acids is 1. The minimum atomic E-state index is -1.08. The number of rotatable bonds is 6. The van der Waals surface area contributed by atoms with Gasteiger partial charge in [0.2, 0.25) is 0 Å². The highest BCUT2D eigenvalue weighted by Crippen LogP contribution is 2.39. The van der Waals surface area contributed by atoms with Crippen LogP contribution in [0.4, 0.5) is 5.82 Å². The molecule has 0 saturated heterocycles. The lowest BCUT2D eigenvalue weighted by atomic mass is 10.1. The van der Waals surface area contributed by atoms with Gasteiger partial charge in [0, 0.05) is 4.88 Å². The standard InChI is InChI=1S/C14H17N3O2S2/c1-20-6-5-9(14(18)19)17-12-11-8-3-2-4-10(8)21-13(11)16-7-15-12/h7,9H,2-6H2,1H3,(H,18,19)(H,15,16,17)/p-1/t9-/m0/s1. The summed E-state index contributed by atoms with van der Waals surface area (Å²) in [7, 11) is 0. The van der Waals surface area contributed by atoms with Gasteiger partial charge in [-0.1, -0.05) is 0 Å². The van der Waals surface area contributed by atoms with Gasteiger partial charge in [-0.3, -0.25) is 0 Å². The maximum absolute atomic E-state index is 11.3. The molecule has 0 aliphatic heterocycles. The molecule has 0 unspecified atom stereocenters. The van der Waals surface area contributed by atoms with Crippen LogP contribution in [0.1, 0.15) is 23.3 Å². The number of carboxylic acids is 1. The third-order valence-electron chi connectivity index (χ3n) is 3.71. The Morgan fingerprint density at radius 1 is 1.52 bits per heavy atom. The summed E-state index contributed by atoms with van der Waals surface area (Å²) in [6.07, 6.45) is 7.24. The van der Waals surface area contributed by atoms with Crippen molar-refractivity contribution in [3.8, 4) is 0 Å². The lowest BCUT2D eigenvalue weighted by Crippen LogP contribution is -2.41. The van der Waals surface area contributed by atoms with Crippen LogP contribution in [0.25, 0.3) is 10.2 Å². The van der Waals surface area contributed by atoms with Crippen molar-refractivity contribution in [3.05, 3.63) is 16.8 Å². The zero-order valence-corrected chi connectivity index (χ0v) is 13.4. The molecule has 0 saturated carbocycles. The van der Waals surface area contributed by atoms with Gasteiger partial charge in [0.05, 0.1) is 17.4 Å². The van der Waals surface area contributed by atoms with Gasteiger partial charge in [-0.2, -0.15) is 11.8 Å². The van der Waals surface area contributed by atoms with Crippen molar-refractivity contribution in [3.63, 3.8) is 0 Å². The Labute approximate surface area is 131 Å². The Kier molecular flexibility index (Phi) is 4.30. The molecule has 5 nitrogen and oxygen atoms in total. The Morgan fingerprint density at radius 3 is 3.14 bits per heavy atom. The van der Waals surface area contributed by atoms with Gasteiger partial charge in [-0.25, -0.2) is 9.97 Å². The maximum atomic E-state index is 11.3. The molecule has 0 aromatic carbocycles. The summed E-state index contributed by atoms with van der Waals surface area (Å²) in [5.41, 5.74) is 1.29. The Bertz CT molecular complexity index is 672. The largest absolute Gasteiger partial charge is 0.548 e. The number of nitrogens with one attached hydrogen (secondary N) is 1. The number of nitrogens with zero attached hydrogens (tertiary/aromatic N) is 2.